The SMILES string of the molecule is O=C(Nc1ccnn1CC1CC1)[C@@H]1CCCN(C(=O)C2CC2)C1. The number of aromatic nitrogens is 2. The quantitative estimate of drug-likeness (QED) is 0.902. The van der Waals surface area contributed by atoms with Gasteiger partial charge in [-0.3, -0.25) is 9.59 Å². The van der Waals surface area contributed by atoms with Crippen LogP contribution in [0.15, 0.2) is 12.3 Å². The lowest BCUT2D eigenvalue weighted by Crippen LogP contribution is -2.44. The van der Waals surface area contributed by atoms with Gasteiger partial charge >= 0.3 is 0 Å². The summed E-state index contributed by atoms with van der Waals surface area (Å²) in [6, 6.07) is 1.86. The van der Waals surface area contributed by atoms with Gasteiger partial charge in [0.05, 0.1) is 12.1 Å². The average Bonchev–Trinajstić information content (AvgIpc) is 3.47. The number of hydrogen-bond acceptors (Lipinski definition) is 3. The van der Waals surface area contributed by atoms with Crippen molar-refractivity contribution in [3.8, 4) is 0 Å². The molecule has 3 fully saturated rings. The zero-order valence-corrected chi connectivity index (χ0v) is 13.4. The van der Waals surface area contributed by atoms with Gasteiger partial charge in [-0.2, -0.15) is 5.10 Å². The van der Waals surface area contributed by atoms with Crippen LogP contribution >= 0.6 is 0 Å². The molecule has 1 aromatic heterocycles. The van der Waals surface area contributed by atoms with Gasteiger partial charge in [0.25, 0.3) is 0 Å². The van der Waals surface area contributed by atoms with Crippen LogP contribution in [0.2, 0.25) is 0 Å². The van der Waals surface area contributed by atoms with E-state index in [1.807, 2.05) is 15.6 Å². The molecule has 0 bridgehead atoms. The second kappa shape index (κ2) is 5.98. The van der Waals surface area contributed by atoms with Gasteiger partial charge < -0.3 is 10.2 Å². The number of carbonyl (C=O) groups excluding carboxylic acids is 2. The lowest BCUT2D eigenvalue weighted by Gasteiger charge is -2.32. The number of hydrogen-bond donors (Lipinski definition) is 1. The first-order chi connectivity index (χ1) is 11.2. The fourth-order valence-corrected chi connectivity index (χ4v) is 3.34. The van der Waals surface area contributed by atoms with Gasteiger partial charge in [-0.1, -0.05) is 0 Å². The van der Waals surface area contributed by atoms with Crippen LogP contribution in [-0.2, 0) is 16.1 Å². The molecule has 2 aliphatic carbocycles. The molecule has 1 aliphatic heterocycles. The molecule has 2 heterocycles. The molecule has 3 aliphatic rings. The van der Waals surface area contributed by atoms with Crippen molar-refractivity contribution in [3.63, 3.8) is 0 Å². The minimum atomic E-state index is -0.101. The smallest absolute Gasteiger partial charge is 0.230 e. The molecule has 1 saturated heterocycles. The van der Waals surface area contributed by atoms with Crippen molar-refractivity contribution >= 4 is 17.6 Å². The summed E-state index contributed by atoms with van der Waals surface area (Å²) in [5.41, 5.74) is 0. The number of nitrogens with one attached hydrogen (secondary N) is 1. The summed E-state index contributed by atoms with van der Waals surface area (Å²) in [7, 11) is 0. The molecular formula is C17H24N4O2. The summed E-state index contributed by atoms with van der Waals surface area (Å²) in [6.45, 7) is 2.26. The van der Waals surface area contributed by atoms with E-state index in [0.717, 1.165) is 44.6 Å². The first-order valence-corrected chi connectivity index (χ1v) is 8.82. The van der Waals surface area contributed by atoms with Gasteiger partial charge in [0.2, 0.25) is 11.8 Å². The number of piperidine rings is 1. The molecule has 6 heteroatoms. The molecule has 0 unspecified atom stereocenters. The molecule has 124 valence electrons. The van der Waals surface area contributed by atoms with E-state index >= 15 is 0 Å². The molecule has 0 aromatic carbocycles. The highest BCUT2D eigenvalue weighted by Crippen LogP contribution is 2.33. The van der Waals surface area contributed by atoms with Gasteiger partial charge in [-0.05, 0) is 44.4 Å². The maximum atomic E-state index is 12.6. The zero-order valence-electron chi connectivity index (χ0n) is 13.4. The van der Waals surface area contributed by atoms with Gasteiger partial charge in [0.1, 0.15) is 5.82 Å². The van der Waals surface area contributed by atoms with Crippen LogP contribution in [0.5, 0.6) is 0 Å². The minimum Gasteiger partial charge on any atom is -0.342 e. The Bertz CT molecular complexity index is 603. The Labute approximate surface area is 136 Å². The highest BCUT2D eigenvalue weighted by atomic mass is 16.2. The predicted octanol–water partition coefficient (Wildman–Crippen LogP) is 1.88. The number of anilines is 1. The van der Waals surface area contributed by atoms with Crippen LogP contribution in [0.4, 0.5) is 5.82 Å². The molecule has 2 saturated carbocycles. The summed E-state index contributed by atoms with van der Waals surface area (Å²) in [5.74, 6) is 1.91. The topological polar surface area (TPSA) is 67.2 Å². The third-order valence-corrected chi connectivity index (χ3v) is 5.13. The summed E-state index contributed by atoms with van der Waals surface area (Å²) in [5, 5.41) is 7.33. The second-order valence-corrected chi connectivity index (χ2v) is 7.23. The third kappa shape index (κ3) is 3.41. The van der Waals surface area contributed by atoms with Crippen LogP contribution in [0.25, 0.3) is 0 Å². The molecule has 0 radical (unpaired) electrons. The second-order valence-electron chi connectivity index (χ2n) is 7.23. The summed E-state index contributed by atoms with van der Waals surface area (Å²) < 4.78 is 1.89. The molecule has 4 rings (SSSR count). The van der Waals surface area contributed by atoms with Crippen molar-refractivity contribution in [2.45, 2.75) is 45.1 Å². The highest BCUT2D eigenvalue weighted by molar-refractivity contribution is 5.92. The molecule has 0 spiro atoms. The maximum Gasteiger partial charge on any atom is 0.230 e. The first-order valence-electron chi connectivity index (χ1n) is 8.82. The van der Waals surface area contributed by atoms with E-state index in [1.165, 1.54) is 12.8 Å². The van der Waals surface area contributed by atoms with Crippen LogP contribution < -0.4 is 5.32 Å². The monoisotopic (exact) mass is 316 g/mol. The fraction of sp³-hybridized carbons (Fsp3) is 0.706. The van der Waals surface area contributed by atoms with E-state index < -0.39 is 0 Å². The van der Waals surface area contributed by atoms with E-state index in [1.54, 1.807) is 6.20 Å². The maximum absolute atomic E-state index is 12.6. The Kier molecular flexibility index (Phi) is 3.83. The van der Waals surface area contributed by atoms with Gasteiger partial charge in [-0.15, -0.1) is 0 Å². The van der Waals surface area contributed by atoms with Crippen molar-refractivity contribution in [1.29, 1.82) is 0 Å². The van der Waals surface area contributed by atoms with E-state index in [0.29, 0.717) is 12.5 Å². The Hall–Kier alpha value is -1.85. The molecule has 1 N–H and O–H groups in total. The zero-order chi connectivity index (χ0) is 15.8. The Morgan fingerprint density at radius 3 is 2.74 bits per heavy atom. The molecule has 6 nitrogen and oxygen atoms in total. The predicted molar refractivity (Wildman–Crippen MR) is 85.6 cm³/mol. The van der Waals surface area contributed by atoms with Crippen LogP contribution in [-0.4, -0.2) is 39.6 Å². The van der Waals surface area contributed by atoms with Crippen molar-refractivity contribution in [2.24, 2.45) is 17.8 Å². The van der Waals surface area contributed by atoms with Crippen molar-refractivity contribution in [3.05, 3.63) is 12.3 Å². The molecule has 1 aromatic rings. The number of rotatable bonds is 5. The van der Waals surface area contributed by atoms with E-state index in [-0.39, 0.29) is 23.7 Å². The summed E-state index contributed by atoms with van der Waals surface area (Å²) in [4.78, 5) is 26.7. The first kappa shape index (κ1) is 14.7. The molecule has 1 atom stereocenters. The molecular weight excluding hydrogens is 292 g/mol. The normalized spacial score (nSPS) is 24.5. The summed E-state index contributed by atoms with van der Waals surface area (Å²) >= 11 is 0. The third-order valence-electron chi connectivity index (χ3n) is 5.13. The molecule has 23 heavy (non-hydrogen) atoms. The number of likely N-dealkylation sites (tertiary alicyclic amines) is 1. The number of nitrogens with zero attached hydrogens (tertiary/aromatic N) is 3. The van der Waals surface area contributed by atoms with Crippen molar-refractivity contribution in [2.75, 3.05) is 18.4 Å². The average molecular weight is 316 g/mol. The van der Waals surface area contributed by atoms with Crippen molar-refractivity contribution in [1.82, 2.24) is 14.7 Å². The van der Waals surface area contributed by atoms with Gasteiger partial charge in [0, 0.05) is 31.6 Å². The van der Waals surface area contributed by atoms with Gasteiger partial charge in [0.15, 0.2) is 0 Å². The lowest BCUT2D eigenvalue weighted by atomic mass is 9.96. The number of amides is 2. The highest BCUT2D eigenvalue weighted by Gasteiger charge is 2.36. The largest absolute Gasteiger partial charge is 0.342 e. The van der Waals surface area contributed by atoms with Crippen molar-refractivity contribution < 1.29 is 9.59 Å². The van der Waals surface area contributed by atoms with Crippen LogP contribution in [0, 0.1) is 17.8 Å². The Morgan fingerprint density at radius 1 is 1.17 bits per heavy atom. The van der Waals surface area contributed by atoms with Gasteiger partial charge in [-0.25, -0.2) is 4.68 Å². The standard InChI is InChI=1S/C17H24N4O2/c22-16(19-15-7-8-18-21(15)10-12-3-4-12)14-2-1-9-20(11-14)17(23)13-5-6-13/h7-8,12-14H,1-6,9-11H2,(H,19,22)/t14-/m1/s1. The Balaban J connectivity index is 1.36. The van der Waals surface area contributed by atoms with E-state index in [9.17, 15) is 9.59 Å². The lowest BCUT2D eigenvalue weighted by molar-refractivity contribution is -0.135. The van der Waals surface area contributed by atoms with Crippen LogP contribution in [0.1, 0.15) is 38.5 Å². The summed E-state index contributed by atoms with van der Waals surface area (Å²) in [6.07, 6.45) is 8.07. The molecule has 2 amide bonds. The van der Waals surface area contributed by atoms with E-state index in [4.69, 9.17) is 0 Å². The fourth-order valence-electron chi connectivity index (χ4n) is 3.34. The van der Waals surface area contributed by atoms with Crippen LogP contribution in [0.3, 0.4) is 0 Å². The minimum absolute atomic E-state index is 0.0239. The van der Waals surface area contributed by atoms with E-state index in [2.05, 4.69) is 10.4 Å². The Morgan fingerprint density at radius 2 is 2.00 bits per heavy atom. The number of carbonyl (C=O) groups is 2.